The van der Waals surface area contributed by atoms with Crippen molar-refractivity contribution in [3.05, 3.63) is 71.5 Å². The van der Waals surface area contributed by atoms with Crippen LogP contribution in [0.5, 0.6) is 0 Å². The van der Waals surface area contributed by atoms with E-state index >= 15 is 0 Å². The standard InChI is InChI=1S/C20H25FN4O.HI/c1-2-22-20(25-15-17-10-6-7-11-18(17)21)23-13-12-19(26)24-14-16-8-4-3-5-9-16;/h3-11H,2,12-15H2,1H3,(H,24,26)(H2,22,23,25);1H. The van der Waals surface area contributed by atoms with Gasteiger partial charge in [0.05, 0.1) is 6.54 Å². The highest BCUT2D eigenvalue weighted by molar-refractivity contribution is 14.0. The van der Waals surface area contributed by atoms with Crippen LogP contribution in [-0.2, 0) is 17.9 Å². The summed E-state index contributed by atoms with van der Waals surface area (Å²) >= 11 is 0. The number of rotatable bonds is 8. The molecule has 0 aliphatic carbocycles. The van der Waals surface area contributed by atoms with Crippen molar-refractivity contribution in [3.8, 4) is 0 Å². The van der Waals surface area contributed by atoms with E-state index in [0.717, 1.165) is 5.56 Å². The summed E-state index contributed by atoms with van der Waals surface area (Å²) in [5.41, 5.74) is 1.60. The van der Waals surface area contributed by atoms with Crippen molar-refractivity contribution < 1.29 is 9.18 Å². The number of nitrogens with one attached hydrogen (secondary N) is 3. The number of hydrogen-bond acceptors (Lipinski definition) is 2. The lowest BCUT2D eigenvalue weighted by Crippen LogP contribution is -2.39. The second-order valence-electron chi connectivity index (χ2n) is 5.73. The number of nitrogens with zero attached hydrogens (tertiary/aromatic N) is 1. The molecule has 146 valence electrons. The van der Waals surface area contributed by atoms with E-state index in [2.05, 4.69) is 20.9 Å². The molecule has 0 aliphatic rings. The van der Waals surface area contributed by atoms with E-state index < -0.39 is 0 Å². The molecule has 27 heavy (non-hydrogen) atoms. The highest BCUT2D eigenvalue weighted by Gasteiger charge is 2.04. The van der Waals surface area contributed by atoms with Gasteiger partial charge in [-0.1, -0.05) is 48.5 Å². The third-order valence-corrected chi connectivity index (χ3v) is 3.69. The van der Waals surface area contributed by atoms with Crippen LogP contribution in [0.15, 0.2) is 59.6 Å². The van der Waals surface area contributed by atoms with Crippen molar-refractivity contribution in [1.29, 1.82) is 0 Å². The Labute approximate surface area is 176 Å². The largest absolute Gasteiger partial charge is 0.357 e. The minimum absolute atomic E-state index is 0. The second-order valence-corrected chi connectivity index (χ2v) is 5.73. The number of benzene rings is 2. The molecule has 0 radical (unpaired) electrons. The predicted molar refractivity (Wildman–Crippen MR) is 118 cm³/mol. The maximum absolute atomic E-state index is 13.6. The van der Waals surface area contributed by atoms with Gasteiger partial charge in [0.2, 0.25) is 5.91 Å². The highest BCUT2D eigenvalue weighted by atomic mass is 127. The topological polar surface area (TPSA) is 65.5 Å². The van der Waals surface area contributed by atoms with E-state index in [1.165, 1.54) is 6.07 Å². The molecule has 0 aliphatic heterocycles. The molecule has 0 spiro atoms. The summed E-state index contributed by atoms with van der Waals surface area (Å²) in [7, 11) is 0. The maximum atomic E-state index is 13.6. The Hall–Kier alpha value is -2.16. The maximum Gasteiger partial charge on any atom is 0.222 e. The first-order valence-corrected chi connectivity index (χ1v) is 8.75. The molecule has 0 unspecified atom stereocenters. The van der Waals surface area contributed by atoms with Gasteiger partial charge in [-0.2, -0.15) is 0 Å². The van der Waals surface area contributed by atoms with Crippen LogP contribution >= 0.6 is 24.0 Å². The summed E-state index contributed by atoms with van der Waals surface area (Å²) in [6.07, 6.45) is 0.330. The molecule has 0 atom stereocenters. The van der Waals surface area contributed by atoms with E-state index in [1.807, 2.05) is 37.3 Å². The van der Waals surface area contributed by atoms with Gasteiger partial charge in [-0.25, -0.2) is 9.38 Å². The molecule has 3 N–H and O–H groups in total. The van der Waals surface area contributed by atoms with Gasteiger partial charge in [0.1, 0.15) is 5.82 Å². The highest BCUT2D eigenvalue weighted by Crippen LogP contribution is 2.07. The van der Waals surface area contributed by atoms with Crippen LogP contribution in [0, 0.1) is 5.82 Å². The summed E-state index contributed by atoms with van der Waals surface area (Å²) in [4.78, 5) is 16.3. The summed E-state index contributed by atoms with van der Waals surface area (Å²) < 4.78 is 13.6. The zero-order valence-corrected chi connectivity index (χ0v) is 17.7. The molecular formula is C20H26FIN4O. The first-order valence-electron chi connectivity index (χ1n) is 8.75. The number of guanidine groups is 1. The molecule has 0 aromatic heterocycles. The van der Waals surface area contributed by atoms with Crippen molar-refractivity contribution in [1.82, 2.24) is 16.0 Å². The van der Waals surface area contributed by atoms with Crippen LogP contribution in [-0.4, -0.2) is 25.0 Å². The molecular weight excluding hydrogens is 458 g/mol. The lowest BCUT2D eigenvalue weighted by atomic mass is 10.2. The van der Waals surface area contributed by atoms with Crippen LogP contribution in [0.2, 0.25) is 0 Å². The van der Waals surface area contributed by atoms with Crippen molar-refractivity contribution in [2.75, 3.05) is 13.1 Å². The smallest absolute Gasteiger partial charge is 0.222 e. The summed E-state index contributed by atoms with van der Waals surface area (Å²) in [5, 5.41) is 9.06. The Balaban J connectivity index is 0.00000364. The molecule has 7 heteroatoms. The molecule has 0 saturated carbocycles. The van der Waals surface area contributed by atoms with Crippen LogP contribution in [0.4, 0.5) is 4.39 Å². The van der Waals surface area contributed by atoms with E-state index in [0.29, 0.717) is 37.6 Å². The minimum Gasteiger partial charge on any atom is -0.357 e. The molecule has 2 aromatic rings. The summed E-state index contributed by atoms with van der Waals surface area (Å²) in [6.45, 7) is 3.84. The van der Waals surface area contributed by atoms with E-state index in [-0.39, 0.29) is 42.2 Å². The van der Waals surface area contributed by atoms with E-state index in [9.17, 15) is 9.18 Å². The van der Waals surface area contributed by atoms with Gasteiger partial charge in [0.25, 0.3) is 0 Å². The molecule has 0 bridgehead atoms. The number of aliphatic imine (C=N–C) groups is 1. The number of carbonyl (C=O) groups excluding carboxylic acids is 1. The van der Waals surface area contributed by atoms with Crippen molar-refractivity contribution >= 4 is 35.8 Å². The SMILES string of the molecule is CCNC(=NCc1ccccc1F)NCCC(=O)NCc1ccccc1.I. The molecule has 0 heterocycles. The van der Waals surface area contributed by atoms with Crippen molar-refractivity contribution in [3.63, 3.8) is 0 Å². The third kappa shape index (κ3) is 8.85. The van der Waals surface area contributed by atoms with Gasteiger partial charge in [0, 0.05) is 31.6 Å². The fourth-order valence-electron chi connectivity index (χ4n) is 2.31. The van der Waals surface area contributed by atoms with Crippen molar-refractivity contribution in [2.45, 2.75) is 26.4 Å². The molecule has 2 rings (SSSR count). The average molecular weight is 484 g/mol. The van der Waals surface area contributed by atoms with E-state index in [1.54, 1.807) is 18.2 Å². The third-order valence-electron chi connectivity index (χ3n) is 3.69. The van der Waals surface area contributed by atoms with Gasteiger partial charge in [-0.05, 0) is 18.6 Å². The van der Waals surface area contributed by atoms with Crippen LogP contribution in [0.1, 0.15) is 24.5 Å². The Bertz CT molecular complexity index is 725. The van der Waals surface area contributed by atoms with Crippen LogP contribution < -0.4 is 16.0 Å². The van der Waals surface area contributed by atoms with Crippen LogP contribution in [0.25, 0.3) is 0 Å². The normalized spacial score (nSPS) is 10.7. The average Bonchev–Trinajstić information content (AvgIpc) is 2.66. The van der Waals surface area contributed by atoms with Gasteiger partial charge in [-0.3, -0.25) is 4.79 Å². The molecule has 0 saturated heterocycles. The summed E-state index contributed by atoms with van der Waals surface area (Å²) in [5.74, 6) is 0.255. The first kappa shape index (κ1) is 22.9. The number of halogens is 2. The monoisotopic (exact) mass is 484 g/mol. The lowest BCUT2D eigenvalue weighted by Gasteiger charge is -2.11. The number of hydrogen-bond donors (Lipinski definition) is 3. The van der Waals surface area contributed by atoms with Gasteiger partial charge >= 0.3 is 0 Å². The molecule has 2 aromatic carbocycles. The molecule has 0 fully saturated rings. The Morgan fingerprint density at radius 3 is 2.41 bits per heavy atom. The number of amides is 1. The van der Waals surface area contributed by atoms with Crippen LogP contribution in [0.3, 0.4) is 0 Å². The fourth-order valence-corrected chi connectivity index (χ4v) is 2.31. The molecule has 5 nitrogen and oxygen atoms in total. The van der Waals surface area contributed by atoms with Gasteiger partial charge in [-0.15, -0.1) is 24.0 Å². The van der Waals surface area contributed by atoms with Crippen molar-refractivity contribution in [2.24, 2.45) is 4.99 Å². The Morgan fingerprint density at radius 2 is 1.70 bits per heavy atom. The Kier molecular flexibility index (Phi) is 11.1. The van der Waals surface area contributed by atoms with Gasteiger partial charge < -0.3 is 16.0 Å². The zero-order valence-electron chi connectivity index (χ0n) is 15.4. The zero-order chi connectivity index (χ0) is 18.6. The number of carbonyl (C=O) groups is 1. The van der Waals surface area contributed by atoms with Gasteiger partial charge in [0.15, 0.2) is 5.96 Å². The summed E-state index contributed by atoms with van der Waals surface area (Å²) in [6, 6.07) is 16.3. The first-order chi connectivity index (χ1) is 12.7. The predicted octanol–water partition coefficient (Wildman–Crippen LogP) is 3.21. The second kappa shape index (κ2) is 13.1. The lowest BCUT2D eigenvalue weighted by molar-refractivity contribution is -0.121. The minimum atomic E-state index is -0.271. The Morgan fingerprint density at radius 1 is 1.00 bits per heavy atom. The van der Waals surface area contributed by atoms with E-state index in [4.69, 9.17) is 0 Å². The quantitative estimate of drug-likeness (QED) is 0.307. The molecule has 1 amide bonds. The fraction of sp³-hybridized carbons (Fsp3) is 0.300.